The van der Waals surface area contributed by atoms with E-state index in [1.165, 1.54) is 5.69 Å². The zero-order chi connectivity index (χ0) is 19.2. The second-order valence-corrected chi connectivity index (χ2v) is 6.59. The van der Waals surface area contributed by atoms with Crippen LogP contribution in [0.1, 0.15) is 32.3 Å². The van der Waals surface area contributed by atoms with Crippen molar-refractivity contribution in [3.05, 3.63) is 35.9 Å². The standard InChI is InChI=1S/C20H27N5O2/c1-4-25(5-2)15-8-9-16(14(3)13-15)21-18-10-11-19(24-23-18)22-20(26)17-7-6-12-27-17/h8-11,13,17H,4-7,12H2,1-3H3,(H,21,23)(H,22,24,26). The Balaban J connectivity index is 1.63. The molecule has 2 aromatic rings. The molecule has 2 N–H and O–H groups in total. The minimum absolute atomic E-state index is 0.162. The molecule has 1 aromatic carbocycles. The van der Waals surface area contributed by atoms with Gasteiger partial charge in [-0.3, -0.25) is 4.79 Å². The van der Waals surface area contributed by atoms with Gasteiger partial charge in [0.2, 0.25) is 0 Å². The highest BCUT2D eigenvalue weighted by molar-refractivity contribution is 5.93. The summed E-state index contributed by atoms with van der Waals surface area (Å²) in [5, 5.41) is 14.3. The lowest BCUT2D eigenvalue weighted by Crippen LogP contribution is -2.27. The van der Waals surface area contributed by atoms with Crippen molar-refractivity contribution in [3.63, 3.8) is 0 Å². The first-order chi connectivity index (χ1) is 13.1. The van der Waals surface area contributed by atoms with Gasteiger partial charge in [0.25, 0.3) is 5.91 Å². The van der Waals surface area contributed by atoms with E-state index in [0.29, 0.717) is 18.2 Å². The second-order valence-electron chi connectivity index (χ2n) is 6.59. The highest BCUT2D eigenvalue weighted by Crippen LogP contribution is 2.25. The van der Waals surface area contributed by atoms with Crippen LogP contribution >= 0.6 is 0 Å². The van der Waals surface area contributed by atoms with Crippen LogP contribution in [-0.2, 0) is 9.53 Å². The Labute approximate surface area is 160 Å². The van der Waals surface area contributed by atoms with E-state index in [2.05, 4.69) is 64.7 Å². The summed E-state index contributed by atoms with van der Waals surface area (Å²) in [5.74, 6) is 0.892. The van der Waals surface area contributed by atoms with E-state index in [4.69, 9.17) is 4.74 Å². The van der Waals surface area contributed by atoms with Crippen molar-refractivity contribution in [1.82, 2.24) is 10.2 Å². The van der Waals surface area contributed by atoms with Gasteiger partial charge in [-0.05, 0) is 69.5 Å². The number of aryl methyl sites for hydroxylation is 1. The van der Waals surface area contributed by atoms with E-state index in [1.807, 2.05) is 0 Å². The number of hydrogen-bond donors (Lipinski definition) is 2. The lowest BCUT2D eigenvalue weighted by molar-refractivity contribution is -0.124. The molecule has 27 heavy (non-hydrogen) atoms. The normalized spacial score (nSPS) is 16.2. The number of rotatable bonds is 7. The van der Waals surface area contributed by atoms with Gasteiger partial charge >= 0.3 is 0 Å². The first-order valence-corrected chi connectivity index (χ1v) is 9.49. The predicted molar refractivity (Wildman–Crippen MR) is 108 cm³/mol. The summed E-state index contributed by atoms with van der Waals surface area (Å²) in [6.45, 7) is 8.97. The number of anilines is 4. The summed E-state index contributed by atoms with van der Waals surface area (Å²) in [6, 6.07) is 9.86. The number of hydrogen-bond acceptors (Lipinski definition) is 6. The molecule has 1 saturated heterocycles. The van der Waals surface area contributed by atoms with Crippen LogP contribution in [0.5, 0.6) is 0 Å². The van der Waals surface area contributed by atoms with Crippen molar-refractivity contribution < 1.29 is 9.53 Å². The zero-order valence-electron chi connectivity index (χ0n) is 16.2. The molecule has 0 saturated carbocycles. The van der Waals surface area contributed by atoms with E-state index in [9.17, 15) is 4.79 Å². The van der Waals surface area contributed by atoms with Gasteiger partial charge in [-0.25, -0.2) is 0 Å². The number of nitrogens with zero attached hydrogens (tertiary/aromatic N) is 3. The van der Waals surface area contributed by atoms with E-state index >= 15 is 0 Å². The third-order valence-electron chi connectivity index (χ3n) is 4.74. The molecule has 1 aromatic heterocycles. The summed E-state index contributed by atoms with van der Waals surface area (Å²) < 4.78 is 5.37. The highest BCUT2D eigenvalue weighted by Gasteiger charge is 2.23. The van der Waals surface area contributed by atoms with Crippen LogP contribution in [0.3, 0.4) is 0 Å². The molecule has 1 unspecified atom stereocenters. The maximum atomic E-state index is 12.0. The SMILES string of the molecule is CCN(CC)c1ccc(Nc2ccc(NC(=O)C3CCCO3)nn2)c(C)c1. The molecule has 1 aliphatic heterocycles. The van der Waals surface area contributed by atoms with Crippen LogP contribution in [0.4, 0.5) is 23.0 Å². The third-order valence-corrected chi connectivity index (χ3v) is 4.74. The fourth-order valence-corrected chi connectivity index (χ4v) is 3.17. The molecule has 7 nitrogen and oxygen atoms in total. The number of aromatic nitrogens is 2. The quantitative estimate of drug-likeness (QED) is 0.778. The lowest BCUT2D eigenvalue weighted by Gasteiger charge is -2.22. The molecule has 0 spiro atoms. The van der Waals surface area contributed by atoms with Gasteiger partial charge in [-0.1, -0.05) is 0 Å². The maximum Gasteiger partial charge on any atom is 0.254 e. The number of carbonyl (C=O) groups excluding carboxylic acids is 1. The van der Waals surface area contributed by atoms with Gasteiger partial charge in [0, 0.05) is 31.1 Å². The van der Waals surface area contributed by atoms with Crippen molar-refractivity contribution in [1.29, 1.82) is 0 Å². The van der Waals surface area contributed by atoms with Crippen molar-refractivity contribution in [3.8, 4) is 0 Å². The summed E-state index contributed by atoms with van der Waals surface area (Å²) in [5.41, 5.74) is 3.33. The molecule has 144 valence electrons. The molecule has 3 rings (SSSR count). The van der Waals surface area contributed by atoms with Crippen molar-refractivity contribution in [2.24, 2.45) is 0 Å². The lowest BCUT2D eigenvalue weighted by atomic mass is 10.1. The molecule has 1 fully saturated rings. The minimum atomic E-state index is -0.378. The Bertz CT molecular complexity index is 768. The van der Waals surface area contributed by atoms with Crippen LogP contribution in [-0.4, -0.2) is 41.9 Å². The smallest absolute Gasteiger partial charge is 0.254 e. The molecule has 0 aliphatic carbocycles. The fourth-order valence-electron chi connectivity index (χ4n) is 3.17. The van der Waals surface area contributed by atoms with E-state index in [0.717, 1.165) is 37.2 Å². The van der Waals surface area contributed by atoms with E-state index < -0.39 is 0 Å². The largest absolute Gasteiger partial charge is 0.372 e. The van der Waals surface area contributed by atoms with Crippen LogP contribution in [0, 0.1) is 6.92 Å². The molecule has 0 bridgehead atoms. The third kappa shape index (κ3) is 4.74. The second kappa shape index (κ2) is 8.81. The summed E-state index contributed by atoms with van der Waals surface area (Å²) in [7, 11) is 0. The van der Waals surface area contributed by atoms with Gasteiger partial charge < -0.3 is 20.3 Å². The van der Waals surface area contributed by atoms with Crippen LogP contribution < -0.4 is 15.5 Å². The first kappa shape index (κ1) is 19.1. The Morgan fingerprint density at radius 1 is 1.19 bits per heavy atom. The first-order valence-electron chi connectivity index (χ1n) is 9.49. The van der Waals surface area contributed by atoms with Crippen molar-refractivity contribution in [2.45, 2.75) is 39.7 Å². The van der Waals surface area contributed by atoms with Crippen molar-refractivity contribution in [2.75, 3.05) is 35.2 Å². The Hall–Kier alpha value is -2.67. The molecular weight excluding hydrogens is 342 g/mol. The highest BCUT2D eigenvalue weighted by atomic mass is 16.5. The average molecular weight is 369 g/mol. The minimum Gasteiger partial charge on any atom is -0.372 e. The molecule has 7 heteroatoms. The molecule has 1 aliphatic rings. The Morgan fingerprint density at radius 2 is 1.93 bits per heavy atom. The monoisotopic (exact) mass is 369 g/mol. The van der Waals surface area contributed by atoms with Gasteiger partial charge in [0.1, 0.15) is 6.10 Å². The van der Waals surface area contributed by atoms with Gasteiger partial charge in [-0.2, -0.15) is 0 Å². The molecule has 2 heterocycles. The van der Waals surface area contributed by atoms with Crippen LogP contribution in [0.2, 0.25) is 0 Å². The Morgan fingerprint density at radius 3 is 2.52 bits per heavy atom. The summed E-state index contributed by atoms with van der Waals surface area (Å²) in [6.07, 6.45) is 1.29. The van der Waals surface area contributed by atoms with Gasteiger partial charge in [0.15, 0.2) is 11.6 Å². The number of carbonyl (C=O) groups is 1. The van der Waals surface area contributed by atoms with Crippen LogP contribution in [0.15, 0.2) is 30.3 Å². The molecule has 0 radical (unpaired) electrons. The van der Waals surface area contributed by atoms with Gasteiger partial charge in [0.05, 0.1) is 0 Å². The molecule has 1 amide bonds. The van der Waals surface area contributed by atoms with E-state index in [-0.39, 0.29) is 12.0 Å². The summed E-state index contributed by atoms with van der Waals surface area (Å²) >= 11 is 0. The molecular formula is C20H27N5O2. The number of ether oxygens (including phenoxy) is 1. The van der Waals surface area contributed by atoms with Crippen LogP contribution in [0.25, 0.3) is 0 Å². The topological polar surface area (TPSA) is 79.4 Å². The summed E-state index contributed by atoms with van der Waals surface area (Å²) in [4.78, 5) is 14.4. The fraction of sp³-hybridized carbons (Fsp3) is 0.450. The Kier molecular flexibility index (Phi) is 6.24. The average Bonchev–Trinajstić information content (AvgIpc) is 3.21. The predicted octanol–water partition coefficient (Wildman–Crippen LogP) is 3.49. The number of nitrogens with one attached hydrogen (secondary N) is 2. The van der Waals surface area contributed by atoms with E-state index in [1.54, 1.807) is 12.1 Å². The zero-order valence-corrected chi connectivity index (χ0v) is 16.2. The van der Waals surface area contributed by atoms with Gasteiger partial charge in [-0.15, -0.1) is 10.2 Å². The number of amides is 1. The molecule has 1 atom stereocenters. The maximum absolute atomic E-state index is 12.0. The van der Waals surface area contributed by atoms with Crippen molar-refractivity contribution >= 4 is 28.9 Å². The number of benzene rings is 1.